The van der Waals surface area contributed by atoms with Crippen molar-refractivity contribution >= 4 is 11.0 Å². The second-order valence-corrected chi connectivity index (χ2v) is 6.79. The fourth-order valence-electron chi connectivity index (χ4n) is 3.37. The molecular formula is C19H19N5. The molecule has 5 heteroatoms. The lowest BCUT2D eigenvalue weighted by Gasteiger charge is -2.27. The second-order valence-electron chi connectivity index (χ2n) is 6.79. The SMILES string of the molecule is c1cnc2nc(CN3CCc4nc(C5CC5)ncc4C3)ccc2c1. The van der Waals surface area contributed by atoms with E-state index in [4.69, 9.17) is 4.98 Å². The molecule has 0 radical (unpaired) electrons. The summed E-state index contributed by atoms with van der Waals surface area (Å²) < 4.78 is 0. The van der Waals surface area contributed by atoms with Gasteiger partial charge in [0.25, 0.3) is 0 Å². The van der Waals surface area contributed by atoms with Crippen LogP contribution in [0.3, 0.4) is 0 Å². The average molecular weight is 317 g/mol. The predicted molar refractivity (Wildman–Crippen MR) is 91.4 cm³/mol. The van der Waals surface area contributed by atoms with Gasteiger partial charge in [-0.1, -0.05) is 0 Å². The largest absolute Gasteiger partial charge is 0.293 e. The van der Waals surface area contributed by atoms with Gasteiger partial charge in [-0.25, -0.2) is 19.9 Å². The summed E-state index contributed by atoms with van der Waals surface area (Å²) in [5.74, 6) is 1.69. The molecule has 0 amide bonds. The van der Waals surface area contributed by atoms with Gasteiger partial charge in [-0.05, 0) is 37.1 Å². The molecule has 3 aromatic heterocycles. The van der Waals surface area contributed by atoms with Crippen LogP contribution in [-0.2, 0) is 19.5 Å². The van der Waals surface area contributed by atoms with Crippen LogP contribution < -0.4 is 0 Å². The van der Waals surface area contributed by atoms with Crippen molar-refractivity contribution in [1.29, 1.82) is 0 Å². The van der Waals surface area contributed by atoms with Crippen LogP contribution in [0.25, 0.3) is 11.0 Å². The first-order valence-corrected chi connectivity index (χ1v) is 8.63. The highest BCUT2D eigenvalue weighted by Gasteiger charge is 2.28. The fraction of sp³-hybridized carbons (Fsp3) is 0.368. The number of pyridine rings is 2. The molecule has 120 valence electrons. The van der Waals surface area contributed by atoms with Gasteiger partial charge in [0.1, 0.15) is 5.82 Å². The standard InChI is InChI=1S/C19H19N5/c1-2-13-5-6-16(22-18(13)20-8-1)12-24-9-7-17-15(11-24)10-21-19(23-17)14-3-4-14/h1-2,5-6,8,10,14H,3-4,7,9,11-12H2. The van der Waals surface area contributed by atoms with Crippen LogP contribution in [0.2, 0.25) is 0 Å². The number of hydrogen-bond donors (Lipinski definition) is 0. The molecule has 0 atom stereocenters. The van der Waals surface area contributed by atoms with E-state index < -0.39 is 0 Å². The van der Waals surface area contributed by atoms with Crippen LogP contribution in [0, 0.1) is 0 Å². The molecule has 5 rings (SSSR count). The van der Waals surface area contributed by atoms with Crippen molar-refractivity contribution in [2.45, 2.75) is 38.3 Å². The number of nitrogens with zero attached hydrogens (tertiary/aromatic N) is 5. The highest BCUT2D eigenvalue weighted by Crippen LogP contribution is 2.38. The maximum absolute atomic E-state index is 4.79. The molecule has 5 nitrogen and oxygen atoms in total. The van der Waals surface area contributed by atoms with Crippen molar-refractivity contribution in [3.63, 3.8) is 0 Å². The van der Waals surface area contributed by atoms with E-state index in [1.165, 1.54) is 24.1 Å². The third kappa shape index (κ3) is 2.65. The predicted octanol–water partition coefficient (Wildman–Crippen LogP) is 2.86. The highest BCUT2D eigenvalue weighted by molar-refractivity contribution is 5.74. The zero-order chi connectivity index (χ0) is 15.9. The molecule has 0 bridgehead atoms. The van der Waals surface area contributed by atoms with Crippen molar-refractivity contribution in [3.8, 4) is 0 Å². The summed E-state index contributed by atoms with van der Waals surface area (Å²) in [4.78, 5) is 20.8. The molecule has 24 heavy (non-hydrogen) atoms. The van der Waals surface area contributed by atoms with E-state index in [1.54, 1.807) is 6.20 Å². The van der Waals surface area contributed by atoms with Crippen LogP contribution in [0.15, 0.2) is 36.7 Å². The van der Waals surface area contributed by atoms with E-state index in [-0.39, 0.29) is 0 Å². The van der Waals surface area contributed by atoms with Gasteiger partial charge in [0.2, 0.25) is 0 Å². The van der Waals surface area contributed by atoms with Crippen molar-refractivity contribution in [2.75, 3.05) is 6.54 Å². The minimum atomic E-state index is 0.627. The molecule has 3 aromatic rings. The molecule has 0 saturated heterocycles. The van der Waals surface area contributed by atoms with Crippen LogP contribution >= 0.6 is 0 Å². The first-order valence-electron chi connectivity index (χ1n) is 8.63. The Bertz CT molecular complexity index is 903. The Morgan fingerprint density at radius 3 is 2.96 bits per heavy atom. The third-order valence-corrected chi connectivity index (χ3v) is 4.88. The van der Waals surface area contributed by atoms with Gasteiger partial charge in [0, 0.05) is 61.0 Å². The summed E-state index contributed by atoms with van der Waals surface area (Å²) in [6.07, 6.45) is 7.35. The van der Waals surface area contributed by atoms with E-state index in [9.17, 15) is 0 Å². The van der Waals surface area contributed by atoms with Crippen LogP contribution in [-0.4, -0.2) is 31.4 Å². The van der Waals surface area contributed by atoms with Gasteiger partial charge in [0.05, 0.1) is 5.69 Å². The molecule has 1 aliphatic carbocycles. The number of hydrogen-bond acceptors (Lipinski definition) is 5. The number of fused-ring (bicyclic) bond motifs is 2. The smallest absolute Gasteiger partial charge is 0.159 e. The molecule has 4 heterocycles. The van der Waals surface area contributed by atoms with Crippen LogP contribution in [0.4, 0.5) is 0 Å². The summed E-state index contributed by atoms with van der Waals surface area (Å²) >= 11 is 0. The van der Waals surface area contributed by atoms with Crippen LogP contribution in [0.5, 0.6) is 0 Å². The van der Waals surface area contributed by atoms with E-state index in [0.29, 0.717) is 5.92 Å². The van der Waals surface area contributed by atoms with E-state index in [0.717, 1.165) is 48.6 Å². The molecule has 1 fully saturated rings. The Balaban J connectivity index is 1.34. The van der Waals surface area contributed by atoms with Gasteiger partial charge >= 0.3 is 0 Å². The summed E-state index contributed by atoms with van der Waals surface area (Å²) in [5, 5.41) is 1.09. The highest BCUT2D eigenvalue weighted by atomic mass is 15.1. The summed E-state index contributed by atoms with van der Waals surface area (Å²) in [6, 6.07) is 8.20. The minimum Gasteiger partial charge on any atom is -0.293 e. The first-order chi connectivity index (χ1) is 11.8. The molecule has 0 spiro atoms. The summed E-state index contributed by atoms with van der Waals surface area (Å²) in [6.45, 7) is 2.77. The minimum absolute atomic E-state index is 0.627. The zero-order valence-corrected chi connectivity index (χ0v) is 13.5. The fourth-order valence-corrected chi connectivity index (χ4v) is 3.37. The first kappa shape index (κ1) is 14.0. The topological polar surface area (TPSA) is 54.8 Å². The lowest BCUT2D eigenvalue weighted by Crippen LogP contribution is -2.31. The van der Waals surface area contributed by atoms with E-state index >= 15 is 0 Å². The van der Waals surface area contributed by atoms with Gasteiger partial charge in [0.15, 0.2) is 5.65 Å². The zero-order valence-electron chi connectivity index (χ0n) is 13.5. The van der Waals surface area contributed by atoms with Gasteiger partial charge in [-0.15, -0.1) is 0 Å². The van der Waals surface area contributed by atoms with Crippen LogP contribution in [0.1, 0.15) is 41.5 Å². The molecule has 0 N–H and O–H groups in total. The monoisotopic (exact) mass is 317 g/mol. The molecule has 0 unspecified atom stereocenters. The third-order valence-electron chi connectivity index (χ3n) is 4.88. The summed E-state index contributed by atoms with van der Waals surface area (Å²) in [7, 11) is 0. The number of aromatic nitrogens is 4. The molecule has 2 aliphatic rings. The normalized spacial score (nSPS) is 17.8. The Hall–Kier alpha value is -2.40. The molecule has 0 aromatic carbocycles. The Morgan fingerprint density at radius 2 is 2.04 bits per heavy atom. The molecule has 1 aliphatic heterocycles. The van der Waals surface area contributed by atoms with Crippen molar-refractivity contribution < 1.29 is 0 Å². The number of rotatable bonds is 3. The van der Waals surface area contributed by atoms with E-state index in [2.05, 4.69) is 32.0 Å². The van der Waals surface area contributed by atoms with E-state index in [1.807, 2.05) is 18.3 Å². The second kappa shape index (κ2) is 5.60. The average Bonchev–Trinajstić information content (AvgIpc) is 3.46. The Kier molecular flexibility index (Phi) is 3.26. The van der Waals surface area contributed by atoms with Gasteiger partial charge < -0.3 is 0 Å². The quantitative estimate of drug-likeness (QED) is 0.743. The lowest BCUT2D eigenvalue weighted by molar-refractivity contribution is 0.240. The van der Waals surface area contributed by atoms with Crippen molar-refractivity contribution in [3.05, 3.63) is 59.4 Å². The Labute approximate surface area is 140 Å². The molecule has 1 saturated carbocycles. The van der Waals surface area contributed by atoms with Gasteiger partial charge in [-0.2, -0.15) is 0 Å². The maximum Gasteiger partial charge on any atom is 0.159 e. The summed E-state index contributed by atoms with van der Waals surface area (Å²) in [5.41, 5.74) is 4.41. The maximum atomic E-state index is 4.79. The van der Waals surface area contributed by atoms with Crippen molar-refractivity contribution in [1.82, 2.24) is 24.8 Å². The lowest BCUT2D eigenvalue weighted by atomic mass is 10.1. The molecular weight excluding hydrogens is 298 g/mol. The van der Waals surface area contributed by atoms with Gasteiger partial charge in [-0.3, -0.25) is 4.90 Å². The van der Waals surface area contributed by atoms with Crippen molar-refractivity contribution in [2.24, 2.45) is 0 Å². The Morgan fingerprint density at radius 1 is 1.08 bits per heavy atom.